The minimum Gasteiger partial charge on any atom is -0.352 e. The van der Waals surface area contributed by atoms with Crippen LogP contribution in [0, 0.1) is 6.92 Å². The van der Waals surface area contributed by atoms with Gasteiger partial charge in [0.15, 0.2) is 0 Å². The number of pyridine rings is 1. The van der Waals surface area contributed by atoms with Crippen molar-refractivity contribution in [2.75, 3.05) is 13.6 Å². The van der Waals surface area contributed by atoms with Gasteiger partial charge in [0.2, 0.25) is 11.8 Å². The van der Waals surface area contributed by atoms with Crippen molar-refractivity contribution in [2.45, 2.75) is 26.3 Å². The van der Waals surface area contributed by atoms with Crippen LogP contribution in [0.5, 0.6) is 0 Å². The van der Waals surface area contributed by atoms with Crippen molar-refractivity contribution in [1.29, 1.82) is 0 Å². The lowest BCUT2D eigenvalue weighted by Crippen LogP contribution is -2.34. The molecule has 0 atom stereocenters. The molecule has 0 fully saturated rings. The van der Waals surface area contributed by atoms with Crippen LogP contribution in [0.2, 0.25) is 0 Å². The van der Waals surface area contributed by atoms with E-state index in [-0.39, 0.29) is 18.2 Å². The van der Waals surface area contributed by atoms with E-state index < -0.39 is 0 Å². The van der Waals surface area contributed by atoms with Gasteiger partial charge in [-0.1, -0.05) is 24.3 Å². The summed E-state index contributed by atoms with van der Waals surface area (Å²) >= 11 is 0. The molecular weight excluding hydrogens is 302 g/mol. The Hall–Kier alpha value is -2.69. The molecule has 0 saturated heterocycles. The molecule has 126 valence electrons. The second kappa shape index (κ2) is 8.82. The highest BCUT2D eigenvalue weighted by Crippen LogP contribution is 2.06. The van der Waals surface area contributed by atoms with Crippen LogP contribution in [0.1, 0.15) is 23.1 Å². The molecule has 1 aromatic heterocycles. The minimum atomic E-state index is -0.251. The summed E-state index contributed by atoms with van der Waals surface area (Å²) in [6.07, 6.45) is 4.08. The highest BCUT2D eigenvalue weighted by atomic mass is 16.2. The Morgan fingerprint density at radius 2 is 1.83 bits per heavy atom. The monoisotopic (exact) mass is 325 g/mol. The Labute approximate surface area is 142 Å². The lowest BCUT2D eigenvalue weighted by molar-refractivity contribution is -0.135. The zero-order chi connectivity index (χ0) is 17.4. The molecule has 5 heteroatoms. The summed E-state index contributed by atoms with van der Waals surface area (Å²) in [5.41, 5.74) is 3.30. The minimum absolute atomic E-state index is 0.126. The Morgan fingerprint density at radius 1 is 1.12 bits per heavy atom. The number of aromatic nitrogens is 1. The topological polar surface area (TPSA) is 62.3 Å². The van der Waals surface area contributed by atoms with Crippen molar-refractivity contribution in [2.24, 2.45) is 0 Å². The van der Waals surface area contributed by atoms with Gasteiger partial charge in [-0.15, -0.1) is 0 Å². The van der Waals surface area contributed by atoms with Crippen LogP contribution in [0.4, 0.5) is 0 Å². The van der Waals surface area contributed by atoms with Crippen molar-refractivity contribution >= 4 is 11.8 Å². The van der Waals surface area contributed by atoms with E-state index in [4.69, 9.17) is 0 Å². The van der Waals surface area contributed by atoms with Crippen LogP contribution in [0.3, 0.4) is 0 Å². The Bertz CT molecular complexity index is 686. The number of nitrogens with one attached hydrogen (secondary N) is 1. The van der Waals surface area contributed by atoms with Gasteiger partial charge in [-0.25, -0.2) is 0 Å². The van der Waals surface area contributed by atoms with Crippen LogP contribution < -0.4 is 5.32 Å². The predicted octanol–water partition coefficient (Wildman–Crippen LogP) is 2.10. The van der Waals surface area contributed by atoms with Crippen molar-refractivity contribution in [3.8, 4) is 0 Å². The molecule has 1 heterocycles. The smallest absolute Gasteiger partial charge is 0.231 e. The normalized spacial score (nSPS) is 10.2. The molecule has 0 spiro atoms. The van der Waals surface area contributed by atoms with Gasteiger partial charge in [-0.3, -0.25) is 14.6 Å². The van der Waals surface area contributed by atoms with E-state index in [1.165, 1.54) is 0 Å². The van der Waals surface area contributed by atoms with E-state index in [0.717, 1.165) is 23.1 Å². The van der Waals surface area contributed by atoms with Crippen LogP contribution in [-0.2, 0) is 22.6 Å². The molecule has 0 saturated carbocycles. The van der Waals surface area contributed by atoms with Gasteiger partial charge in [-0.05, 0) is 42.2 Å². The maximum absolute atomic E-state index is 12.1. The molecule has 0 unspecified atom stereocenters. The standard InChI is InChI=1S/C19H23N3O2/c1-15-5-3-4-6-17(15)14-21-18(23)13-19(24)22(2)12-9-16-7-10-20-11-8-16/h3-8,10-11H,9,12-14H2,1-2H3,(H,21,23). The first kappa shape index (κ1) is 17.7. The molecule has 0 radical (unpaired) electrons. The number of rotatable bonds is 7. The summed E-state index contributed by atoms with van der Waals surface area (Å²) in [6.45, 7) is 3.02. The Balaban J connectivity index is 1.74. The molecule has 0 bridgehead atoms. The van der Waals surface area contributed by atoms with E-state index in [0.29, 0.717) is 13.1 Å². The van der Waals surface area contributed by atoms with Crippen LogP contribution in [0.25, 0.3) is 0 Å². The number of carbonyl (C=O) groups is 2. The molecule has 1 aromatic carbocycles. The lowest BCUT2D eigenvalue weighted by atomic mass is 10.1. The second-order valence-electron chi connectivity index (χ2n) is 5.80. The number of hydrogen-bond donors (Lipinski definition) is 1. The molecule has 0 aliphatic rings. The zero-order valence-corrected chi connectivity index (χ0v) is 14.2. The largest absolute Gasteiger partial charge is 0.352 e. The second-order valence-corrected chi connectivity index (χ2v) is 5.80. The zero-order valence-electron chi connectivity index (χ0n) is 14.2. The van der Waals surface area contributed by atoms with Gasteiger partial charge in [0.1, 0.15) is 6.42 Å². The van der Waals surface area contributed by atoms with Gasteiger partial charge in [0, 0.05) is 32.5 Å². The number of nitrogens with zero attached hydrogens (tertiary/aromatic N) is 2. The van der Waals surface area contributed by atoms with Crippen molar-refractivity contribution < 1.29 is 9.59 Å². The van der Waals surface area contributed by atoms with Crippen molar-refractivity contribution in [3.05, 3.63) is 65.5 Å². The summed E-state index contributed by atoms with van der Waals surface area (Å²) in [5.74, 6) is -0.426. The molecule has 2 amide bonds. The van der Waals surface area contributed by atoms with E-state index in [2.05, 4.69) is 10.3 Å². The average Bonchev–Trinajstić information content (AvgIpc) is 2.59. The van der Waals surface area contributed by atoms with Crippen molar-refractivity contribution in [1.82, 2.24) is 15.2 Å². The van der Waals surface area contributed by atoms with Gasteiger partial charge in [0.25, 0.3) is 0 Å². The first-order valence-electron chi connectivity index (χ1n) is 8.00. The highest BCUT2D eigenvalue weighted by molar-refractivity contribution is 5.96. The number of likely N-dealkylation sites (N-methyl/N-ethyl adjacent to an activating group) is 1. The van der Waals surface area contributed by atoms with Crippen LogP contribution in [0.15, 0.2) is 48.8 Å². The molecule has 2 rings (SSSR count). The summed E-state index contributed by atoms with van der Waals surface area (Å²) in [6, 6.07) is 11.7. The molecule has 24 heavy (non-hydrogen) atoms. The Kier molecular flexibility index (Phi) is 6.49. The average molecular weight is 325 g/mol. The third kappa shape index (κ3) is 5.50. The van der Waals surface area contributed by atoms with Gasteiger partial charge >= 0.3 is 0 Å². The molecule has 0 aliphatic heterocycles. The van der Waals surface area contributed by atoms with Gasteiger partial charge in [-0.2, -0.15) is 0 Å². The fourth-order valence-electron chi connectivity index (χ4n) is 2.31. The highest BCUT2D eigenvalue weighted by Gasteiger charge is 2.14. The Morgan fingerprint density at radius 3 is 2.54 bits per heavy atom. The van der Waals surface area contributed by atoms with Crippen LogP contribution in [-0.4, -0.2) is 35.3 Å². The van der Waals surface area contributed by atoms with Gasteiger partial charge in [0.05, 0.1) is 0 Å². The number of hydrogen-bond acceptors (Lipinski definition) is 3. The molecule has 2 aromatic rings. The van der Waals surface area contributed by atoms with E-state index >= 15 is 0 Å². The predicted molar refractivity (Wildman–Crippen MR) is 93.2 cm³/mol. The quantitative estimate of drug-likeness (QED) is 0.793. The molecule has 0 aliphatic carbocycles. The number of carbonyl (C=O) groups excluding carboxylic acids is 2. The summed E-state index contributed by atoms with van der Waals surface area (Å²) in [4.78, 5) is 29.6. The fraction of sp³-hybridized carbons (Fsp3) is 0.316. The van der Waals surface area contributed by atoms with E-state index in [1.54, 1.807) is 24.3 Å². The van der Waals surface area contributed by atoms with E-state index in [1.807, 2.05) is 43.3 Å². The third-order valence-electron chi connectivity index (χ3n) is 3.96. The third-order valence-corrected chi connectivity index (χ3v) is 3.96. The maximum atomic E-state index is 12.1. The molecule has 1 N–H and O–H groups in total. The first-order valence-corrected chi connectivity index (χ1v) is 8.00. The van der Waals surface area contributed by atoms with Gasteiger partial charge < -0.3 is 10.2 Å². The number of aryl methyl sites for hydroxylation is 1. The lowest BCUT2D eigenvalue weighted by Gasteiger charge is -2.17. The summed E-state index contributed by atoms with van der Waals surface area (Å²) < 4.78 is 0. The number of amides is 2. The van der Waals surface area contributed by atoms with E-state index in [9.17, 15) is 9.59 Å². The SMILES string of the molecule is Cc1ccccc1CNC(=O)CC(=O)N(C)CCc1ccncc1. The molecule has 5 nitrogen and oxygen atoms in total. The summed E-state index contributed by atoms with van der Waals surface area (Å²) in [5, 5.41) is 2.80. The number of benzene rings is 1. The maximum Gasteiger partial charge on any atom is 0.231 e. The summed E-state index contributed by atoms with van der Waals surface area (Å²) in [7, 11) is 1.72. The molecular formula is C19H23N3O2. The van der Waals surface area contributed by atoms with Crippen LogP contribution >= 0.6 is 0 Å². The van der Waals surface area contributed by atoms with Crippen molar-refractivity contribution in [3.63, 3.8) is 0 Å². The first-order chi connectivity index (χ1) is 11.6. The fourth-order valence-corrected chi connectivity index (χ4v) is 2.31.